The third kappa shape index (κ3) is 3.76. The van der Waals surface area contributed by atoms with E-state index in [1.54, 1.807) is 30.5 Å². The molecule has 1 saturated carbocycles. The highest BCUT2D eigenvalue weighted by Gasteiger charge is 2.62. The van der Waals surface area contributed by atoms with Gasteiger partial charge < -0.3 is 25.8 Å². The Morgan fingerprint density at radius 3 is 2.81 bits per heavy atom. The molecular weight excluding hydrogens is 477 g/mol. The Bertz CT molecular complexity index is 1420. The molecule has 3 heterocycles. The minimum atomic E-state index is -4.55. The molecule has 1 fully saturated rings. The van der Waals surface area contributed by atoms with Gasteiger partial charge in [-0.3, -0.25) is 9.59 Å². The van der Waals surface area contributed by atoms with Crippen LogP contribution in [-0.4, -0.2) is 22.9 Å². The van der Waals surface area contributed by atoms with Crippen molar-refractivity contribution >= 4 is 29.0 Å². The summed E-state index contributed by atoms with van der Waals surface area (Å²) in [5.74, 6) is 0.818. The topological polar surface area (TPSA) is 116 Å². The second kappa shape index (κ2) is 7.87. The molecule has 2 aromatic carbocycles. The molecule has 2 aliphatic heterocycles. The highest BCUT2D eigenvalue weighted by molar-refractivity contribution is 5.99. The largest absolute Gasteiger partial charge is 0.489 e. The van der Waals surface area contributed by atoms with Crippen molar-refractivity contribution in [2.75, 3.05) is 16.4 Å². The van der Waals surface area contributed by atoms with Gasteiger partial charge in [0.1, 0.15) is 29.2 Å². The van der Waals surface area contributed by atoms with E-state index >= 15 is 0 Å². The van der Waals surface area contributed by atoms with Crippen LogP contribution in [0.15, 0.2) is 48.7 Å². The lowest BCUT2D eigenvalue weighted by Crippen LogP contribution is -2.20. The molecule has 2 amide bonds. The molecule has 3 aromatic rings. The number of halogens is 3. The van der Waals surface area contributed by atoms with Crippen molar-refractivity contribution in [2.24, 2.45) is 5.92 Å². The van der Waals surface area contributed by atoms with E-state index in [4.69, 9.17) is 15.2 Å². The predicted octanol–water partition coefficient (Wildman–Crippen LogP) is 4.47. The number of carbonyl (C=O) groups is 2. The van der Waals surface area contributed by atoms with E-state index in [-0.39, 0.29) is 23.2 Å². The molecule has 6 rings (SSSR count). The molecule has 8 nitrogen and oxygen atoms in total. The van der Waals surface area contributed by atoms with Crippen LogP contribution in [0.25, 0.3) is 0 Å². The van der Waals surface area contributed by atoms with Gasteiger partial charge >= 0.3 is 6.18 Å². The fraction of sp³-hybridized carbons (Fsp3) is 0.240. The van der Waals surface area contributed by atoms with Gasteiger partial charge in [-0.05, 0) is 48.9 Å². The molecule has 0 bridgehead atoms. The number of alkyl halides is 3. The lowest BCUT2D eigenvalue weighted by atomic mass is 10.1. The number of nitrogens with one attached hydrogen (secondary N) is 2. The molecule has 3 aliphatic rings. The van der Waals surface area contributed by atoms with Crippen molar-refractivity contribution < 1.29 is 32.2 Å². The second-order valence-electron chi connectivity index (χ2n) is 8.91. The van der Waals surface area contributed by atoms with Gasteiger partial charge in [0.05, 0.1) is 22.9 Å². The number of aromatic nitrogens is 1. The number of ether oxygens (including phenoxy) is 2. The second-order valence-corrected chi connectivity index (χ2v) is 8.91. The van der Waals surface area contributed by atoms with Gasteiger partial charge in [0.15, 0.2) is 0 Å². The number of amides is 2. The van der Waals surface area contributed by atoms with Gasteiger partial charge in [0, 0.05) is 29.7 Å². The van der Waals surface area contributed by atoms with Gasteiger partial charge in [-0.25, -0.2) is 4.98 Å². The zero-order valence-electron chi connectivity index (χ0n) is 18.6. The van der Waals surface area contributed by atoms with E-state index in [1.807, 2.05) is 0 Å². The van der Waals surface area contributed by atoms with Crippen LogP contribution in [0.2, 0.25) is 0 Å². The van der Waals surface area contributed by atoms with E-state index in [0.717, 1.165) is 29.3 Å². The zero-order chi connectivity index (χ0) is 25.2. The Balaban J connectivity index is 1.19. The van der Waals surface area contributed by atoms with Crippen LogP contribution in [0.4, 0.5) is 30.4 Å². The molecule has 11 heteroatoms. The van der Waals surface area contributed by atoms with Gasteiger partial charge in [-0.2, -0.15) is 13.2 Å². The van der Waals surface area contributed by atoms with E-state index in [9.17, 15) is 22.8 Å². The average molecular weight is 496 g/mol. The van der Waals surface area contributed by atoms with Crippen LogP contribution < -0.4 is 25.8 Å². The third-order valence-electron chi connectivity index (χ3n) is 6.60. The lowest BCUT2D eigenvalue weighted by molar-refractivity contribution is -0.137. The van der Waals surface area contributed by atoms with E-state index in [1.165, 1.54) is 0 Å². The van der Waals surface area contributed by atoms with Crippen molar-refractivity contribution in [1.82, 2.24) is 4.98 Å². The van der Waals surface area contributed by atoms with Gasteiger partial charge in [0.25, 0.3) is 0 Å². The normalized spacial score (nSPS) is 21.4. The number of anilines is 3. The quantitative estimate of drug-likeness (QED) is 0.459. The molecule has 0 radical (unpaired) electrons. The third-order valence-corrected chi connectivity index (χ3v) is 6.60. The van der Waals surface area contributed by atoms with Crippen LogP contribution >= 0.6 is 0 Å². The number of benzene rings is 2. The number of nitrogens with zero attached hydrogens (tertiary/aromatic N) is 1. The Kier molecular flexibility index (Phi) is 4.85. The van der Waals surface area contributed by atoms with Crippen LogP contribution in [0.5, 0.6) is 17.2 Å². The Hall–Kier alpha value is -4.28. The number of hydrogen-bond acceptors (Lipinski definition) is 6. The highest BCUT2D eigenvalue weighted by atomic mass is 19.4. The molecule has 1 aliphatic carbocycles. The summed E-state index contributed by atoms with van der Waals surface area (Å²) in [6.07, 6.45) is -2.58. The van der Waals surface area contributed by atoms with E-state index < -0.39 is 29.7 Å². The maximum atomic E-state index is 13.1. The zero-order valence-corrected chi connectivity index (χ0v) is 18.6. The summed E-state index contributed by atoms with van der Waals surface area (Å²) in [5, 5.41) is 5.25. The first kappa shape index (κ1) is 22.2. The molecular formula is C25H19F3N4O4. The van der Waals surface area contributed by atoms with Crippen molar-refractivity contribution in [3.8, 4) is 17.2 Å². The Morgan fingerprint density at radius 1 is 1.17 bits per heavy atom. The van der Waals surface area contributed by atoms with E-state index in [0.29, 0.717) is 35.9 Å². The average Bonchev–Trinajstić information content (AvgIpc) is 3.43. The summed E-state index contributed by atoms with van der Waals surface area (Å²) in [4.78, 5) is 28.7. The predicted molar refractivity (Wildman–Crippen MR) is 123 cm³/mol. The fourth-order valence-corrected chi connectivity index (χ4v) is 4.75. The molecule has 1 aromatic heterocycles. The number of nitrogens with two attached hydrogens (primary N) is 1. The summed E-state index contributed by atoms with van der Waals surface area (Å²) in [7, 11) is 0. The van der Waals surface area contributed by atoms with Gasteiger partial charge in [-0.1, -0.05) is 0 Å². The first-order valence-electron chi connectivity index (χ1n) is 11.2. The summed E-state index contributed by atoms with van der Waals surface area (Å²) < 4.78 is 51.1. The highest BCUT2D eigenvalue weighted by Crippen LogP contribution is 2.59. The van der Waals surface area contributed by atoms with Crippen LogP contribution in [-0.2, 0) is 22.2 Å². The molecule has 0 saturated heterocycles. The molecule has 36 heavy (non-hydrogen) atoms. The minimum Gasteiger partial charge on any atom is -0.489 e. The fourth-order valence-electron chi connectivity index (χ4n) is 4.75. The number of pyridine rings is 1. The van der Waals surface area contributed by atoms with Gasteiger partial charge in [-0.15, -0.1) is 0 Å². The van der Waals surface area contributed by atoms with Crippen LogP contribution in [0.1, 0.15) is 29.0 Å². The van der Waals surface area contributed by atoms with Crippen molar-refractivity contribution in [2.45, 2.75) is 31.0 Å². The monoisotopic (exact) mass is 496 g/mol. The van der Waals surface area contributed by atoms with Crippen molar-refractivity contribution in [3.63, 3.8) is 0 Å². The minimum absolute atomic E-state index is 0.0380. The molecule has 184 valence electrons. The summed E-state index contributed by atoms with van der Waals surface area (Å²) in [6.45, 7) is 0. The number of carbonyl (C=O) groups excluding carboxylic acids is 2. The standard InChI is InChI=1S/C25H19F3N4O4/c26-25(27,28)11-1-4-15(29)16(9-11)31-24(34)21-20-14-10-12(2-5-17(14)36-22(20)21)35-18-7-8-30-23-13(18)3-6-19(33)32-23/h1-2,4-5,7-10,20-22H,3,6,29H2,(H,31,34)(H,30,32,33)/t20-,21-,22?/m0/s1. The number of nitrogen functional groups attached to an aromatic ring is 1. The van der Waals surface area contributed by atoms with Crippen molar-refractivity contribution in [3.05, 3.63) is 65.4 Å². The summed E-state index contributed by atoms with van der Waals surface area (Å²) >= 11 is 0. The maximum absolute atomic E-state index is 13.1. The SMILES string of the molecule is Nc1ccc(C(F)(F)F)cc1NC(=O)[C@@H]1C2Oc3ccc(Oc4ccnc5c4CCC(=O)N5)cc3[C@H]21. The van der Waals surface area contributed by atoms with Crippen LogP contribution in [0, 0.1) is 5.92 Å². The Morgan fingerprint density at radius 2 is 2.00 bits per heavy atom. The first-order valence-corrected chi connectivity index (χ1v) is 11.2. The molecule has 0 spiro atoms. The molecule has 1 unspecified atom stereocenters. The lowest BCUT2D eigenvalue weighted by Gasteiger charge is -2.19. The summed E-state index contributed by atoms with van der Waals surface area (Å²) in [5.41, 5.74) is 6.42. The molecule has 3 atom stereocenters. The maximum Gasteiger partial charge on any atom is 0.416 e. The van der Waals surface area contributed by atoms with E-state index in [2.05, 4.69) is 15.6 Å². The van der Waals surface area contributed by atoms with Crippen molar-refractivity contribution in [1.29, 1.82) is 0 Å². The van der Waals surface area contributed by atoms with Crippen LogP contribution in [0.3, 0.4) is 0 Å². The molecule has 4 N–H and O–H groups in total. The first-order chi connectivity index (χ1) is 17.2. The van der Waals surface area contributed by atoms with Gasteiger partial charge in [0.2, 0.25) is 11.8 Å². The smallest absolute Gasteiger partial charge is 0.416 e. The number of rotatable bonds is 4. The Labute approximate surface area is 202 Å². The summed E-state index contributed by atoms with van der Waals surface area (Å²) in [6, 6.07) is 9.82. The number of fused-ring (bicyclic) bond motifs is 4. The number of hydrogen-bond donors (Lipinski definition) is 3.